The Hall–Kier alpha value is -0.0900. The van der Waals surface area contributed by atoms with Crippen LogP contribution in [-0.4, -0.2) is 20.7 Å². The van der Waals surface area contributed by atoms with Crippen LogP contribution in [0, 0.1) is 11.8 Å². The zero-order valence-electron chi connectivity index (χ0n) is 7.99. The highest BCUT2D eigenvalue weighted by Gasteiger charge is 2.34. The Kier molecular flexibility index (Phi) is 2.36. The van der Waals surface area contributed by atoms with Crippen molar-refractivity contribution >= 4 is 10.0 Å². The first-order valence-electron chi connectivity index (χ1n) is 5.00. The SMILES string of the molecule is CS(=O)(=O)NC1CC2CCC(C2)C1. The van der Waals surface area contributed by atoms with Gasteiger partial charge in [-0.2, -0.15) is 0 Å². The maximum absolute atomic E-state index is 11.0. The van der Waals surface area contributed by atoms with E-state index in [1.54, 1.807) is 0 Å². The number of sulfonamides is 1. The summed E-state index contributed by atoms with van der Waals surface area (Å²) >= 11 is 0. The highest BCUT2D eigenvalue weighted by Crippen LogP contribution is 2.41. The number of hydrogen-bond donors (Lipinski definition) is 1. The number of fused-ring (bicyclic) bond motifs is 2. The molecule has 0 saturated heterocycles. The Labute approximate surface area is 80.0 Å². The second kappa shape index (κ2) is 3.24. The van der Waals surface area contributed by atoms with Crippen molar-refractivity contribution in [3.8, 4) is 0 Å². The van der Waals surface area contributed by atoms with Gasteiger partial charge in [0.2, 0.25) is 10.0 Å². The molecular formula is C9H17NO2S. The molecule has 4 heteroatoms. The second-order valence-corrected chi connectivity index (χ2v) is 6.38. The van der Waals surface area contributed by atoms with E-state index in [-0.39, 0.29) is 6.04 Å². The molecule has 2 atom stereocenters. The molecule has 0 spiro atoms. The van der Waals surface area contributed by atoms with Gasteiger partial charge in [-0.25, -0.2) is 13.1 Å². The summed E-state index contributed by atoms with van der Waals surface area (Å²) in [5.74, 6) is 1.58. The summed E-state index contributed by atoms with van der Waals surface area (Å²) in [7, 11) is -2.99. The van der Waals surface area contributed by atoms with Crippen LogP contribution in [0.2, 0.25) is 0 Å². The molecule has 2 fully saturated rings. The van der Waals surface area contributed by atoms with Gasteiger partial charge in [-0.1, -0.05) is 12.8 Å². The summed E-state index contributed by atoms with van der Waals surface area (Å²) in [6.45, 7) is 0. The smallest absolute Gasteiger partial charge is 0.208 e. The average Bonchev–Trinajstić information content (AvgIpc) is 2.27. The molecule has 0 heterocycles. The van der Waals surface area contributed by atoms with E-state index >= 15 is 0 Å². The highest BCUT2D eigenvalue weighted by atomic mass is 32.2. The zero-order valence-corrected chi connectivity index (χ0v) is 8.81. The molecule has 2 bridgehead atoms. The van der Waals surface area contributed by atoms with Crippen LogP contribution in [0.5, 0.6) is 0 Å². The summed E-state index contributed by atoms with van der Waals surface area (Å²) in [4.78, 5) is 0. The van der Waals surface area contributed by atoms with Gasteiger partial charge in [0.1, 0.15) is 0 Å². The van der Waals surface area contributed by atoms with Crippen molar-refractivity contribution in [2.24, 2.45) is 11.8 Å². The van der Waals surface area contributed by atoms with Crippen molar-refractivity contribution in [2.75, 3.05) is 6.26 Å². The van der Waals surface area contributed by atoms with Crippen LogP contribution in [0.25, 0.3) is 0 Å². The first kappa shape index (κ1) is 9.46. The molecule has 0 aromatic heterocycles. The minimum absolute atomic E-state index is 0.223. The molecule has 2 aliphatic carbocycles. The van der Waals surface area contributed by atoms with E-state index in [1.807, 2.05) is 0 Å². The summed E-state index contributed by atoms with van der Waals surface area (Å²) < 4.78 is 24.8. The lowest BCUT2D eigenvalue weighted by atomic mass is 9.86. The fourth-order valence-corrected chi connectivity index (χ4v) is 3.70. The summed E-state index contributed by atoms with van der Waals surface area (Å²) in [6, 6.07) is 0.223. The van der Waals surface area contributed by atoms with Gasteiger partial charge in [0.15, 0.2) is 0 Å². The van der Waals surface area contributed by atoms with Gasteiger partial charge < -0.3 is 0 Å². The molecule has 0 amide bonds. The molecule has 0 radical (unpaired) electrons. The van der Waals surface area contributed by atoms with Crippen LogP contribution in [0.15, 0.2) is 0 Å². The molecule has 2 unspecified atom stereocenters. The van der Waals surface area contributed by atoms with Gasteiger partial charge in [0, 0.05) is 6.04 Å². The first-order valence-corrected chi connectivity index (χ1v) is 6.89. The van der Waals surface area contributed by atoms with Crippen LogP contribution in [0.1, 0.15) is 32.1 Å². The monoisotopic (exact) mass is 203 g/mol. The Morgan fingerprint density at radius 2 is 1.62 bits per heavy atom. The summed E-state index contributed by atoms with van der Waals surface area (Å²) in [6.07, 6.45) is 7.33. The topological polar surface area (TPSA) is 46.2 Å². The quantitative estimate of drug-likeness (QED) is 0.731. The van der Waals surface area contributed by atoms with E-state index in [4.69, 9.17) is 0 Å². The van der Waals surface area contributed by atoms with E-state index in [2.05, 4.69) is 4.72 Å². The fourth-order valence-electron chi connectivity index (χ4n) is 2.91. The molecule has 0 aromatic carbocycles. The molecular weight excluding hydrogens is 186 g/mol. The highest BCUT2D eigenvalue weighted by molar-refractivity contribution is 7.88. The molecule has 76 valence electrons. The largest absolute Gasteiger partial charge is 0.213 e. The zero-order chi connectivity index (χ0) is 9.47. The average molecular weight is 203 g/mol. The molecule has 13 heavy (non-hydrogen) atoms. The third-order valence-corrected chi connectivity index (χ3v) is 4.03. The fraction of sp³-hybridized carbons (Fsp3) is 1.00. The van der Waals surface area contributed by atoms with Gasteiger partial charge in [-0.15, -0.1) is 0 Å². The number of nitrogens with one attached hydrogen (secondary N) is 1. The molecule has 3 nitrogen and oxygen atoms in total. The Balaban J connectivity index is 1.96. The van der Waals surface area contributed by atoms with Gasteiger partial charge in [0.05, 0.1) is 6.26 Å². The lowest BCUT2D eigenvalue weighted by Gasteiger charge is -2.27. The maximum atomic E-state index is 11.0. The first-order chi connectivity index (χ1) is 6.03. The Morgan fingerprint density at radius 3 is 2.08 bits per heavy atom. The van der Waals surface area contributed by atoms with Crippen LogP contribution >= 0.6 is 0 Å². The number of hydrogen-bond acceptors (Lipinski definition) is 2. The molecule has 2 aliphatic rings. The van der Waals surface area contributed by atoms with Crippen molar-refractivity contribution in [1.29, 1.82) is 0 Å². The third kappa shape index (κ3) is 2.44. The molecule has 0 aromatic rings. The predicted molar refractivity (Wildman–Crippen MR) is 51.8 cm³/mol. The van der Waals surface area contributed by atoms with E-state index < -0.39 is 10.0 Å². The van der Waals surface area contributed by atoms with E-state index in [0.717, 1.165) is 24.7 Å². The van der Waals surface area contributed by atoms with Crippen molar-refractivity contribution in [1.82, 2.24) is 4.72 Å². The lowest BCUT2D eigenvalue weighted by Crippen LogP contribution is -2.38. The van der Waals surface area contributed by atoms with Gasteiger partial charge in [0.25, 0.3) is 0 Å². The van der Waals surface area contributed by atoms with Crippen LogP contribution in [0.3, 0.4) is 0 Å². The minimum Gasteiger partial charge on any atom is -0.213 e. The second-order valence-electron chi connectivity index (χ2n) is 4.60. The third-order valence-electron chi connectivity index (χ3n) is 3.27. The van der Waals surface area contributed by atoms with Crippen LogP contribution < -0.4 is 4.72 Å². The lowest BCUT2D eigenvalue weighted by molar-refractivity contribution is 0.305. The molecule has 2 rings (SSSR count). The maximum Gasteiger partial charge on any atom is 0.208 e. The predicted octanol–water partition coefficient (Wildman–Crippen LogP) is 1.11. The molecule has 1 N–H and O–H groups in total. The van der Waals surface area contributed by atoms with Crippen molar-refractivity contribution in [2.45, 2.75) is 38.1 Å². The van der Waals surface area contributed by atoms with E-state index in [1.165, 1.54) is 25.5 Å². The van der Waals surface area contributed by atoms with Crippen LogP contribution in [0.4, 0.5) is 0 Å². The van der Waals surface area contributed by atoms with Crippen molar-refractivity contribution in [3.05, 3.63) is 0 Å². The Bertz CT molecular complexity index is 274. The summed E-state index contributed by atoms with van der Waals surface area (Å²) in [5, 5.41) is 0. The molecule has 2 saturated carbocycles. The molecule has 0 aliphatic heterocycles. The van der Waals surface area contributed by atoms with Gasteiger partial charge >= 0.3 is 0 Å². The Morgan fingerprint density at radius 1 is 1.08 bits per heavy atom. The van der Waals surface area contributed by atoms with Crippen molar-refractivity contribution in [3.63, 3.8) is 0 Å². The minimum atomic E-state index is -2.99. The number of rotatable bonds is 2. The normalized spacial score (nSPS) is 39.3. The van der Waals surface area contributed by atoms with E-state index in [0.29, 0.717) is 0 Å². The van der Waals surface area contributed by atoms with Gasteiger partial charge in [-0.05, 0) is 31.1 Å². The van der Waals surface area contributed by atoms with Crippen LogP contribution in [-0.2, 0) is 10.0 Å². The summed E-state index contributed by atoms with van der Waals surface area (Å²) in [5.41, 5.74) is 0. The van der Waals surface area contributed by atoms with Crippen molar-refractivity contribution < 1.29 is 8.42 Å². The van der Waals surface area contributed by atoms with Gasteiger partial charge in [-0.3, -0.25) is 0 Å². The van der Waals surface area contributed by atoms with E-state index in [9.17, 15) is 8.42 Å². The standard InChI is InChI=1S/C9H17NO2S/c1-13(11,12)10-9-5-7-2-3-8(4-7)6-9/h7-10H,2-6H2,1H3.